The molecule has 2 aromatic heterocycles. The van der Waals surface area contributed by atoms with E-state index >= 15 is 0 Å². The van der Waals surface area contributed by atoms with E-state index in [2.05, 4.69) is 205 Å². The summed E-state index contributed by atoms with van der Waals surface area (Å²) in [5.41, 5.74) is 14.7. The van der Waals surface area contributed by atoms with Gasteiger partial charge in [0.25, 0.3) is 0 Å². The molecule has 0 saturated carbocycles. The molecule has 2 nitrogen and oxygen atoms in total. The summed E-state index contributed by atoms with van der Waals surface area (Å²) < 4.78 is 9.30. The molecule has 9 aromatic carbocycles. The van der Waals surface area contributed by atoms with Crippen LogP contribution in [0.2, 0.25) is 0 Å². The Morgan fingerprint density at radius 2 is 0.815 bits per heavy atom. The SMILES string of the molecule is c1ccc(-c2ccc3c(c2)c2cc(-c4ccccc4)ccc2n3-c2ccccc2-c2ccccc2-c2cccc3c2oc2c4ccccc4ccc32)cc1. The van der Waals surface area contributed by atoms with E-state index in [4.69, 9.17) is 4.42 Å². The molecule has 0 bridgehead atoms. The van der Waals surface area contributed by atoms with Gasteiger partial charge in [0.2, 0.25) is 0 Å². The highest BCUT2D eigenvalue weighted by atomic mass is 16.3. The molecule has 0 radical (unpaired) electrons. The van der Waals surface area contributed by atoms with Crippen molar-refractivity contribution < 1.29 is 4.42 Å². The van der Waals surface area contributed by atoms with Crippen LogP contribution in [-0.2, 0) is 0 Å². The van der Waals surface area contributed by atoms with Crippen molar-refractivity contribution in [2.24, 2.45) is 0 Å². The molecular formula is C52H33NO. The molecule has 0 N–H and O–H groups in total. The normalized spacial score (nSPS) is 11.7. The summed E-state index contributed by atoms with van der Waals surface area (Å²) in [7, 11) is 0. The van der Waals surface area contributed by atoms with Gasteiger partial charge in [0.1, 0.15) is 11.2 Å². The maximum atomic E-state index is 6.85. The average Bonchev–Trinajstić information content (AvgIpc) is 3.80. The number of para-hydroxylation sites is 2. The van der Waals surface area contributed by atoms with E-state index in [1.54, 1.807) is 0 Å². The van der Waals surface area contributed by atoms with Gasteiger partial charge in [-0.05, 0) is 75.2 Å². The lowest BCUT2D eigenvalue weighted by Gasteiger charge is -2.17. The summed E-state index contributed by atoms with van der Waals surface area (Å²) in [6.45, 7) is 0. The van der Waals surface area contributed by atoms with Crippen LogP contribution in [0.1, 0.15) is 0 Å². The van der Waals surface area contributed by atoms with Crippen molar-refractivity contribution in [3.63, 3.8) is 0 Å². The molecule has 0 saturated heterocycles. The zero-order valence-electron chi connectivity index (χ0n) is 29.4. The fourth-order valence-corrected chi connectivity index (χ4v) is 8.49. The maximum Gasteiger partial charge on any atom is 0.143 e. The third-order valence-corrected chi connectivity index (χ3v) is 11.0. The molecule has 0 aliphatic carbocycles. The van der Waals surface area contributed by atoms with Gasteiger partial charge in [0.15, 0.2) is 0 Å². The van der Waals surface area contributed by atoms with E-state index in [0.29, 0.717) is 0 Å². The van der Waals surface area contributed by atoms with Crippen molar-refractivity contribution in [3.05, 3.63) is 200 Å². The number of benzene rings is 9. The summed E-state index contributed by atoms with van der Waals surface area (Å²) in [4.78, 5) is 0. The minimum Gasteiger partial charge on any atom is -0.455 e. The lowest BCUT2D eigenvalue weighted by Crippen LogP contribution is -1.98. The third kappa shape index (κ3) is 4.74. The summed E-state index contributed by atoms with van der Waals surface area (Å²) in [5.74, 6) is 0. The van der Waals surface area contributed by atoms with Gasteiger partial charge in [-0.1, -0.05) is 164 Å². The molecule has 11 rings (SSSR count). The summed E-state index contributed by atoms with van der Waals surface area (Å²) in [6, 6.07) is 72.1. The number of aromatic nitrogens is 1. The van der Waals surface area contributed by atoms with Gasteiger partial charge < -0.3 is 8.98 Å². The Morgan fingerprint density at radius 1 is 0.296 bits per heavy atom. The molecule has 0 unspecified atom stereocenters. The van der Waals surface area contributed by atoms with Gasteiger partial charge in [0, 0.05) is 38.1 Å². The van der Waals surface area contributed by atoms with Gasteiger partial charge in [0.05, 0.1) is 16.7 Å². The third-order valence-electron chi connectivity index (χ3n) is 11.0. The Hall–Kier alpha value is -7.16. The number of fused-ring (bicyclic) bond motifs is 8. The fourth-order valence-electron chi connectivity index (χ4n) is 8.49. The molecule has 0 amide bonds. The molecule has 0 fully saturated rings. The van der Waals surface area contributed by atoms with Gasteiger partial charge in [-0.3, -0.25) is 0 Å². The van der Waals surface area contributed by atoms with E-state index in [9.17, 15) is 0 Å². The molecule has 2 heteroatoms. The van der Waals surface area contributed by atoms with Crippen LogP contribution in [0.3, 0.4) is 0 Å². The van der Waals surface area contributed by atoms with E-state index in [0.717, 1.165) is 55.3 Å². The van der Waals surface area contributed by atoms with Gasteiger partial charge >= 0.3 is 0 Å². The second kappa shape index (κ2) is 12.2. The van der Waals surface area contributed by atoms with Crippen molar-refractivity contribution in [1.82, 2.24) is 4.57 Å². The van der Waals surface area contributed by atoms with E-state index in [-0.39, 0.29) is 0 Å². The molecule has 2 heterocycles. The smallest absolute Gasteiger partial charge is 0.143 e. The maximum absolute atomic E-state index is 6.85. The minimum absolute atomic E-state index is 0.910. The Balaban J connectivity index is 1.15. The van der Waals surface area contributed by atoms with Gasteiger partial charge in [-0.2, -0.15) is 0 Å². The standard InChI is InChI=1S/C52H33NO/c1-3-14-34(15-4-1)37-27-30-49-46(32-37)47-33-38(35-16-5-2-6-17-35)28-31-50(47)53(49)48-25-12-11-22-42(48)40-20-9-10-21-41(40)43-23-13-24-44-45-29-26-36-18-7-8-19-39(36)51(45)54-52(43)44/h1-33H. The highest BCUT2D eigenvalue weighted by Crippen LogP contribution is 2.44. The fraction of sp³-hybridized carbons (Fsp3) is 0. The van der Waals surface area contributed by atoms with Crippen molar-refractivity contribution >= 4 is 54.5 Å². The van der Waals surface area contributed by atoms with E-state index < -0.39 is 0 Å². The van der Waals surface area contributed by atoms with Crippen LogP contribution < -0.4 is 0 Å². The number of rotatable bonds is 5. The molecule has 54 heavy (non-hydrogen) atoms. The lowest BCUT2D eigenvalue weighted by atomic mass is 9.92. The quantitative estimate of drug-likeness (QED) is 0.176. The molecule has 0 aliphatic rings. The van der Waals surface area contributed by atoms with Crippen LogP contribution in [-0.4, -0.2) is 4.57 Å². The largest absolute Gasteiger partial charge is 0.455 e. The van der Waals surface area contributed by atoms with Crippen LogP contribution in [0.5, 0.6) is 0 Å². The second-order valence-electron chi connectivity index (χ2n) is 14.0. The molecule has 252 valence electrons. The van der Waals surface area contributed by atoms with Crippen molar-refractivity contribution in [2.75, 3.05) is 0 Å². The highest BCUT2D eigenvalue weighted by Gasteiger charge is 2.21. The monoisotopic (exact) mass is 687 g/mol. The molecule has 0 atom stereocenters. The molecule has 0 aliphatic heterocycles. The Bertz CT molecular complexity index is 3110. The molecule has 0 spiro atoms. The Labute approximate surface area is 312 Å². The first-order valence-corrected chi connectivity index (χ1v) is 18.5. The zero-order chi connectivity index (χ0) is 35.6. The highest BCUT2D eigenvalue weighted by molar-refractivity contribution is 6.18. The predicted molar refractivity (Wildman–Crippen MR) is 227 cm³/mol. The number of hydrogen-bond donors (Lipinski definition) is 0. The van der Waals surface area contributed by atoms with E-state index in [1.807, 2.05) is 0 Å². The summed E-state index contributed by atoms with van der Waals surface area (Å²) >= 11 is 0. The van der Waals surface area contributed by atoms with Crippen LogP contribution in [0.15, 0.2) is 205 Å². The van der Waals surface area contributed by atoms with Crippen molar-refractivity contribution in [1.29, 1.82) is 0 Å². The van der Waals surface area contributed by atoms with Crippen LogP contribution in [0.4, 0.5) is 0 Å². The Morgan fingerprint density at radius 3 is 1.50 bits per heavy atom. The number of hydrogen-bond acceptors (Lipinski definition) is 1. The number of furan rings is 1. The van der Waals surface area contributed by atoms with Crippen molar-refractivity contribution in [2.45, 2.75) is 0 Å². The Kier molecular flexibility index (Phi) is 6.90. The number of nitrogens with zero attached hydrogens (tertiary/aromatic N) is 1. The van der Waals surface area contributed by atoms with Crippen molar-refractivity contribution in [3.8, 4) is 50.2 Å². The van der Waals surface area contributed by atoms with Crippen LogP contribution in [0, 0.1) is 0 Å². The second-order valence-corrected chi connectivity index (χ2v) is 14.0. The lowest BCUT2D eigenvalue weighted by molar-refractivity contribution is 0.674. The van der Waals surface area contributed by atoms with Gasteiger partial charge in [-0.15, -0.1) is 0 Å². The first-order chi connectivity index (χ1) is 26.8. The predicted octanol–water partition coefficient (Wildman–Crippen LogP) is 14.5. The minimum atomic E-state index is 0.910. The van der Waals surface area contributed by atoms with E-state index in [1.165, 1.54) is 49.4 Å². The topological polar surface area (TPSA) is 18.1 Å². The van der Waals surface area contributed by atoms with Crippen LogP contribution >= 0.6 is 0 Å². The summed E-state index contributed by atoms with van der Waals surface area (Å²) in [5, 5.41) is 7.03. The summed E-state index contributed by atoms with van der Waals surface area (Å²) in [6.07, 6.45) is 0. The first-order valence-electron chi connectivity index (χ1n) is 18.5. The average molecular weight is 688 g/mol. The molecule has 11 aromatic rings. The molecular weight excluding hydrogens is 655 g/mol. The zero-order valence-corrected chi connectivity index (χ0v) is 29.4. The van der Waals surface area contributed by atoms with Gasteiger partial charge in [-0.25, -0.2) is 0 Å². The first kappa shape index (κ1) is 30.5. The van der Waals surface area contributed by atoms with Crippen LogP contribution in [0.25, 0.3) is 105 Å².